The molecule has 1 aromatic carbocycles. The first-order chi connectivity index (χ1) is 9.22. The fourth-order valence-electron chi connectivity index (χ4n) is 1.96. The fourth-order valence-corrected chi connectivity index (χ4v) is 1.96. The van der Waals surface area contributed by atoms with E-state index in [1.165, 1.54) is 18.9 Å². The molecular weight excluding hydrogens is 243 g/mol. The van der Waals surface area contributed by atoms with Crippen LogP contribution < -0.4 is 5.32 Å². The number of halogens is 1. The van der Waals surface area contributed by atoms with Crippen molar-refractivity contribution in [3.8, 4) is 5.69 Å². The second-order valence-corrected chi connectivity index (χ2v) is 5.16. The van der Waals surface area contributed by atoms with Crippen LogP contribution >= 0.6 is 0 Å². The van der Waals surface area contributed by atoms with Crippen molar-refractivity contribution in [1.82, 2.24) is 20.3 Å². The van der Waals surface area contributed by atoms with E-state index in [1.807, 2.05) is 12.3 Å². The second kappa shape index (κ2) is 5.09. The summed E-state index contributed by atoms with van der Waals surface area (Å²) < 4.78 is 15.1. The highest BCUT2D eigenvalue weighted by Gasteiger charge is 2.20. The molecule has 100 valence electrons. The third-order valence-electron chi connectivity index (χ3n) is 3.40. The smallest absolute Gasteiger partial charge is 0.128 e. The van der Waals surface area contributed by atoms with Gasteiger partial charge in [-0.15, -0.1) is 5.10 Å². The maximum atomic E-state index is 13.5. The van der Waals surface area contributed by atoms with E-state index in [0.29, 0.717) is 17.8 Å². The van der Waals surface area contributed by atoms with Gasteiger partial charge in [-0.25, -0.2) is 9.07 Å². The number of hydrogen-bond acceptors (Lipinski definition) is 3. The van der Waals surface area contributed by atoms with Gasteiger partial charge >= 0.3 is 0 Å². The second-order valence-electron chi connectivity index (χ2n) is 5.16. The van der Waals surface area contributed by atoms with Crippen LogP contribution in [0.5, 0.6) is 0 Å². The van der Waals surface area contributed by atoms with Crippen LogP contribution in [0.1, 0.15) is 24.1 Å². The topological polar surface area (TPSA) is 42.7 Å². The van der Waals surface area contributed by atoms with Crippen molar-refractivity contribution < 1.29 is 4.39 Å². The molecule has 2 aromatic rings. The van der Waals surface area contributed by atoms with E-state index in [0.717, 1.165) is 18.2 Å². The first-order valence-electron chi connectivity index (χ1n) is 6.61. The molecule has 1 aliphatic carbocycles. The summed E-state index contributed by atoms with van der Waals surface area (Å²) in [5, 5.41) is 11.5. The standard InChI is InChI=1S/C14H17FN4/c1-10-2-5-13(6-14(10)15)19-9-12(17-18-19)8-16-7-11-3-4-11/h2,5-6,9,11,16H,3-4,7-8H2,1H3. The van der Waals surface area contributed by atoms with Gasteiger partial charge in [-0.1, -0.05) is 11.3 Å². The summed E-state index contributed by atoms with van der Waals surface area (Å²) >= 11 is 0. The zero-order chi connectivity index (χ0) is 13.2. The van der Waals surface area contributed by atoms with Crippen LogP contribution in [-0.2, 0) is 6.54 Å². The van der Waals surface area contributed by atoms with Crippen molar-refractivity contribution >= 4 is 0 Å². The quantitative estimate of drug-likeness (QED) is 0.896. The Kier molecular flexibility index (Phi) is 3.29. The van der Waals surface area contributed by atoms with Crippen molar-refractivity contribution in [2.75, 3.05) is 6.54 Å². The van der Waals surface area contributed by atoms with Gasteiger partial charge in [0.15, 0.2) is 0 Å². The van der Waals surface area contributed by atoms with Gasteiger partial charge in [0.1, 0.15) is 5.82 Å². The molecule has 0 radical (unpaired) electrons. The van der Waals surface area contributed by atoms with Gasteiger partial charge in [0.2, 0.25) is 0 Å². The van der Waals surface area contributed by atoms with Crippen LogP contribution in [0, 0.1) is 18.7 Å². The fraction of sp³-hybridized carbons (Fsp3) is 0.429. The Morgan fingerprint density at radius 3 is 3.00 bits per heavy atom. The summed E-state index contributed by atoms with van der Waals surface area (Å²) in [7, 11) is 0. The summed E-state index contributed by atoms with van der Waals surface area (Å²) in [5.41, 5.74) is 2.21. The zero-order valence-corrected chi connectivity index (χ0v) is 10.9. The van der Waals surface area contributed by atoms with Gasteiger partial charge in [-0.3, -0.25) is 0 Å². The number of nitrogens with zero attached hydrogens (tertiary/aromatic N) is 3. The van der Waals surface area contributed by atoms with E-state index in [9.17, 15) is 4.39 Å². The van der Waals surface area contributed by atoms with Gasteiger partial charge in [0.25, 0.3) is 0 Å². The zero-order valence-electron chi connectivity index (χ0n) is 10.9. The summed E-state index contributed by atoms with van der Waals surface area (Å²) in [6.45, 7) is 3.50. The summed E-state index contributed by atoms with van der Waals surface area (Å²) in [6, 6.07) is 5.07. The van der Waals surface area contributed by atoms with E-state index in [2.05, 4.69) is 15.6 Å². The molecule has 3 rings (SSSR count). The molecule has 19 heavy (non-hydrogen) atoms. The molecule has 1 saturated carbocycles. The molecule has 1 aromatic heterocycles. The molecule has 0 aliphatic heterocycles. The van der Waals surface area contributed by atoms with Crippen LogP contribution in [0.2, 0.25) is 0 Å². The van der Waals surface area contributed by atoms with Crippen LogP contribution in [0.25, 0.3) is 5.69 Å². The average Bonchev–Trinajstić information content (AvgIpc) is 3.10. The molecule has 1 N–H and O–H groups in total. The first kappa shape index (κ1) is 12.3. The minimum Gasteiger partial charge on any atom is -0.311 e. The Labute approximate surface area is 111 Å². The highest BCUT2D eigenvalue weighted by atomic mass is 19.1. The summed E-state index contributed by atoms with van der Waals surface area (Å²) in [4.78, 5) is 0. The van der Waals surface area contributed by atoms with Crippen molar-refractivity contribution in [2.24, 2.45) is 5.92 Å². The molecule has 1 heterocycles. The highest BCUT2D eigenvalue weighted by molar-refractivity contribution is 5.34. The first-order valence-corrected chi connectivity index (χ1v) is 6.61. The van der Waals surface area contributed by atoms with E-state index >= 15 is 0 Å². The van der Waals surface area contributed by atoms with Gasteiger partial charge in [-0.2, -0.15) is 0 Å². The molecule has 0 bridgehead atoms. The third kappa shape index (κ3) is 2.98. The van der Waals surface area contributed by atoms with Crippen LogP contribution in [0.4, 0.5) is 4.39 Å². The summed E-state index contributed by atoms with van der Waals surface area (Å²) in [5.74, 6) is 0.627. The normalized spacial score (nSPS) is 14.8. The molecule has 0 unspecified atom stereocenters. The lowest BCUT2D eigenvalue weighted by Gasteiger charge is -2.02. The number of aryl methyl sites for hydroxylation is 1. The molecular formula is C14H17FN4. The monoisotopic (exact) mass is 260 g/mol. The maximum Gasteiger partial charge on any atom is 0.128 e. The van der Waals surface area contributed by atoms with E-state index in [1.54, 1.807) is 17.7 Å². The molecule has 5 heteroatoms. The Hall–Kier alpha value is -1.75. The van der Waals surface area contributed by atoms with Crippen LogP contribution in [-0.4, -0.2) is 21.5 Å². The predicted molar refractivity (Wildman–Crippen MR) is 70.5 cm³/mol. The number of aromatic nitrogens is 3. The molecule has 1 fully saturated rings. The van der Waals surface area contributed by atoms with Gasteiger partial charge in [0.05, 0.1) is 17.6 Å². The number of hydrogen-bond donors (Lipinski definition) is 1. The average molecular weight is 260 g/mol. The Bertz CT molecular complexity index is 575. The Morgan fingerprint density at radius 2 is 2.26 bits per heavy atom. The molecule has 4 nitrogen and oxygen atoms in total. The SMILES string of the molecule is Cc1ccc(-n2cc(CNCC3CC3)nn2)cc1F. The van der Waals surface area contributed by atoms with E-state index in [-0.39, 0.29) is 5.82 Å². The van der Waals surface area contributed by atoms with Crippen LogP contribution in [0.3, 0.4) is 0 Å². The minimum absolute atomic E-state index is 0.221. The van der Waals surface area contributed by atoms with Crippen molar-refractivity contribution in [3.63, 3.8) is 0 Å². The van der Waals surface area contributed by atoms with Crippen molar-refractivity contribution in [1.29, 1.82) is 0 Å². The predicted octanol–water partition coefficient (Wildman–Crippen LogP) is 2.21. The lowest BCUT2D eigenvalue weighted by Crippen LogP contribution is -2.16. The maximum absolute atomic E-state index is 13.5. The van der Waals surface area contributed by atoms with Gasteiger partial charge in [0, 0.05) is 6.54 Å². The highest BCUT2D eigenvalue weighted by Crippen LogP contribution is 2.27. The number of rotatable bonds is 5. The summed E-state index contributed by atoms with van der Waals surface area (Å²) in [6.07, 6.45) is 4.51. The lowest BCUT2D eigenvalue weighted by atomic mass is 10.2. The molecule has 0 amide bonds. The van der Waals surface area contributed by atoms with Crippen molar-refractivity contribution in [3.05, 3.63) is 41.5 Å². The van der Waals surface area contributed by atoms with E-state index < -0.39 is 0 Å². The molecule has 1 aliphatic rings. The van der Waals surface area contributed by atoms with E-state index in [4.69, 9.17) is 0 Å². The van der Waals surface area contributed by atoms with Crippen molar-refractivity contribution in [2.45, 2.75) is 26.3 Å². The number of nitrogens with one attached hydrogen (secondary N) is 1. The molecule has 0 spiro atoms. The van der Waals surface area contributed by atoms with Gasteiger partial charge < -0.3 is 5.32 Å². The van der Waals surface area contributed by atoms with Crippen LogP contribution in [0.15, 0.2) is 24.4 Å². The number of benzene rings is 1. The Morgan fingerprint density at radius 1 is 1.42 bits per heavy atom. The van der Waals surface area contributed by atoms with Gasteiger partial charge in [-0.05, 0) is 49.9 Å². The third-order valence-corrected chi connectivity index (χ3v) is 3.40. The molecule has 0 atom stereocenters. The molecule has 0 saturated heterocycles. The lowest BCUT2D eigenvalue weighted by molar-refractivity contribution is 0.615. The minimum atomic E-state index is -0.221. The Balaban J connectivity index is 1.67. The largest absolute Gasteiger partial charge is 0.311 e.